The molecule has 3 heteroatoms. The fourth-order valence-corrected chi connectivity index (χ4v) is 0.576. The van der Waals surface area contributed by atoms with E-state index in [-0.39, 0.29) is 0 Å². The molecule has 0 aliphatic heterocycles. The monoisotopic (exact) mass is 143 g/mol. The van der Waals surface area contributed by atoms with E-state index in [1.165, 1.54) is 0 Å². The van der Waals surface area contributed by atoms with Crippen molar-refractivity contribution in [1.29, 1.82) is 0 Å². The Kier molecular flexibility index (Phi) is 6.18. The van der Waals surface area contributed by atoms with Crippen LogP contribution in [0.2, 0.25) is 0 Å². The van der Waals surface area contributed by atoms with Crippen molar-refractivity contribution in [3.63, 3.8) is 0 Å². The average Bonchev–Trinajstić information content (AvgIpc) is 1.98. The van der Waals surface area contributed by atoms with Crippen molar-refractivity contribution in [2.24, 2.45) is 0 Å². The van der Waals surface area contributed by atoms with Crippen LogP contribution >= 0.6 is 0 Å². The maximum Gasteiger partial charge on any atom is 0.309 e. The normalized spacial score (nSPS) is 12.6. The molecule has 0 bridgehead atoms. The minimum atomic E-state index is 0.536. The van der Waals surface area contributed by atoms with E-state index in [2.05, 4.69) is 24.5 Å². The second-order valence-electron chi connectivity index (χ2n) is 2.29. The van der Waals surface area contributed by atoms with Crippen molar-refractivity contribution in [2.75, 3.05) is 13.1 Å². The molecule has 3 nitrogen and oxygen atoms in total. The summed E-state index contributed by atoms with van der Waals surface area (Å²) < 4.78 is 0. The molecular weight excluding hydrogens is 128 g/mol. The van der Waals surface area contributed by atoms with Crippen molar-refractivity contribution in [2.45, 2.75) is 26.3 Å². The first-order valence-electron chi connectivity index (χ1n) is 3.64. The van der Waals surface area contributed by atoms with Gasteiger partial charge in [0.25, 0.3) is 0 Å². The summed E-state index contributed by atoms with van der Waals surface area (Å²) in [7, 11) is 0. The molecule has 0 rings (SSSR count). The SMILES string of the molecule is CCC(C)NCCN[C]=O. The first-order valence-corrected chi connectivity index (χ1v) is 3.64. The molecule has 0 heterocycles. The summed E-state index contributed by atoms with van der Waals surface area (Å²) in [5.74, 6) is 0. The quantitative estimate of drug-likeness (QED) is 0.407. The molecule has 0 spiro atoms. The van der Waals surface area contributed by atoms with Gasteiger partial charge in [-0.3, -0.25) is 4.79 Å². The van der Waals surface area contributed by atoms with Crippen LogP contribution in [-0.2, 0) is 4.79 Å². The molecule has 59 valence electrons. The second kappa shape index (κ2) is 6.55. The zero-order valence-corrected chi connectivity index (χ0v) is 6.61. The van der Waals surface area contributed by atoms with E-state index in [4.69, 9.17) is 0 Å². The maximum absolute atomic E-state index is 9.66. The van der Waals surface area contributed by atoms with Gasteiger partial charge in [-0.05, 0) is 13.3 Å². The lowest BCUT2D eigenvalue weighted by Gasteiger charge is -2.09. The van der Waals surface area contributed by atoms with Gasteiger partial charge in [-0.1, -0.05) is 6.92 Å². The summed E-state index contributed by atoms with van der Waals surface area (Å²) in [5, 5.41) is 5.69. The predicted octanol–water partition coefficient (Wildman–Crippen LogP) is 0.0313. The molecule has 0 fully saturated rings. The first kappa shape index (κ1) is 9.43. The van der Waals surface area contributed by atoms with Crippen LogP contribution in [0.25, 0.3) is 0 Å². The Hall–Kier alpha value is -0.570. The van der Waals surface area contributed by atoms with Gasteiger partial charge in [0, 0.05) is 19.1 Å². The van der Waals surface area contributed by atoms with E-state index < -0.39 is 0 Å². The topological polar surface area (TPSA) is 41.1 Å². The van der Waals surface area contributed by atoms with E-state index >= 15 is 0 Å². The Labute approximate surface area is 62.2 Å². The zero-order chi connectivity index (χ0) is 7.82. The molecule has 1 amide bonds. The standard InChI is InChI=1S/C7H15N2O/c1-3-7(2)9-5-4-8-6-10/h7,9H,3-5H2,1-2H3,(H,8,10). The Bertz CT molecular complexity index is 85.7. The van der Waals surface area contributed by atoms with Gasteiger partial charge in [0.05, 0.1) is 0 Å². The maximum atomic E-state index is 9.66. The largest absolute Gasteiger partial charge is 0.347 e. The summed E-state index contributed by atoms with van der Waals surface area (Å²) in [4.78, 5) is 9.66. The Morgan fingerprint density at radius 1 is 1.50 bits per heavy atom. The third-order valence-electron chi connectivity index (χ3n) is 1.43. The van der Waals surface area contributed by atoms with Gasteiger partial charge in [0.15, 0.2) is 0 Å². The van der Waals surface area contributed by atoms with Crippen LogP contribution in [0.4, 0.5) is 0 Å². The Morgan fingerprint density at radius 3 is 2.70 bits per heavy atom. The van der Waals surface area contributed by atoms with Crippen LogP contribution in [0.5, 0.6) is 0 Å². The summed E-state index contributed by atoms with van der Waals surface area (Å²) in [6.45, 7) is 5.72. The number of hydrogen-bond acceptors (Lipinski definition) is 2. The van der Waals surface area contributed by atoms with Crippen LogP contribution in [-0.4, -0.2) is 25.5 Å². The van der Waals surface area contributed by atoms with Gasteiger partial charge in [-0.15, -0.1) is 0 Å². The molecule has 10 heavy (non-hydrogen) atoms. The van der Waals surface area contributed by atoms with E-state index in [0.717, 1.165) is 13.0 Å². The zero-order valence-electron chi connectivity index (χ0n) is 6.61. The van der Waals surface area contributed by atoms with E-state index in [1.807, 2.05) is 0 Å². The number of carbonyl (C=O) groups excluding carboxylic acids is 1. The highest BCUT2D eigenvalue weighted by Crippen LogP contribution is 1.84. The lowest BCUT2D eigenvalue weighted by molar-refractivity contribution is 0.516. The van der Waals surface area contributed by atoms with Crippen LogP contribution in [0, 0.1) is 0 Å². The Balaban J connectivity index is 2.95. The Morgan fingerprint density at radius 2 is 2.20 bits per heavy atom. The molecular formula is C7H15N2O. The van der Waals surface area contributed by atoms with Crippen molar-refractivity contribution < 1.29 is 4.79 Å². The summed E-state index contributed by atoms with van der Waals surface area (Å²) in [5.41, 5.74) is 0. The van der Waals surface area contributed by atoms with Gasteiger partial charge in [0.1, 0.15) is 0 Å². The van der Waals surface area contributed by atoms with Crippen LogP contribution in [0.3, 0.4) is 0 Å². The molecule has 2 N–H and O–H groups in total. The smallest absolute Gasteiger partial charge is 0.309 e. The fraction of sp³-hybridized carbons (Fsp3) is 0.857. The number of amides is 1. The predicted molar refractivity (Wildman–Crippen MR) is 41.5 cm³/mol. The van der Waals surface area contributed by atoms with Gasteiger partial charge in [0.2, 0.25) is 0 Å². The molecule has 1 unspecified atom stereocenters. The highest BCUT2D eigenvalue weighted by atomic mass is 16.1. The van der Waals surface area contributed by atoms with E-state index in [1.54, 1.807) is 6.41 Å². The molecule has 1 radical (unpaired) electrons. The van der Waals surface area contributed by atoms with E-state index in [0.29, 0.717) is 12.6 Å². The third kappa shape index (κ3) is 5.56. The van der Waals surface area contributed by atoms with Crippen molar-refractivity contribution in [1.82, 2.24) is 10.6 Å². The van der Waals surface area contributed by atoms with Crippen molar-refractivity contribution in [3.8, 4) is 0 Å². The molecule has 1 atom stereocenters. The van der Waals surface area contributed by atoms with Crippen molar-refractivity contribution in [3.05, 3.63) is 0 Å². The molecule has 0 saturated heterocycles. The molecule has 0 aliphatic rings. The first-order chi connectivity index (χ1) is 4.81. The lowest BCUT2D eigenvalue weighted by atomic mass is 10.3. The van der Waals surface area contributed by atoms with E-state index in [9.17, 15) is 4.79 Å². The van der Waals surface area contributed by atoms with Crippen LogP contribution < -0.4 is 10.6 Å². The molecule has 0 saturated carbocycles. The lowest BCUT2D eigenvalue weighted by Crippen LogP contribution is -2.32. The van der Waals surface area contributed by atoms with Gasteiger partial charge >= 0.3 is 6.41 Å². The second-order valence-corrected chi connectivity index (χ2v) is 2.29. The van der Waals surface area contributed by atoms with Gasteiger partial charge in [-0.2, -0.15) is 0 Å². The molecule has 0 aromatic heterocycles. The van der Waals surface area contributed by atoms with Crippen molar-refractivity contribution >= 4 is 6.41 Å². The fourth-order valence-electron chi connectivity index (χ4n) is 0.576. The van der Waals surface area contributed by atoms with Crippen LogP contribution in [0.15, 0.2) is 0 Å². The minimum absolute atomic E-state index is 0.536. The summed E-state index contributed by atoms with van der Waals surface area (Å²) in [6, 6.07) is 0.536. The molecule has 0 aliphatic carbocycles. The molecule has 0 aromatic carbocycles. The average molecular weight is 143 g/mol. The summed E-state index contributed by atoms with van der Waals surface area (Å²) in [6.07, 6.45) is 2.74. The third-order valence-corrected chi connectivity index (χ3v) is 1.43. The van der Waals surface area contributed by atoms with Crippen LogP contribution in [0.1, 0.15) is 20.3 Å². The number of nitrogens with one attached hydrogen (secondary N) is 2. The molecule has 0 aromatic rings. The highest BCUT2D eigenvalue weighted by molar-refractivity contribution is 5.46. The van der Waals surface area contributed by atoms with Gasteiger partial charge < -0.3 is 10.6 Å². The van der Waals surface area contributed by atoms with Gasteiger partial charge in [-0.25, -0.2) is 0 Å². The number of rotatable bonds is 6. The highest BCUT2D eigenvalue weighted by Gasteiger charge is 1.93. The summed E-state index contributed by atoms with van der Waals surface area (Å²) >= 11 is 0. The minimum Gasteiger partial charge on any atom is -0.347 e. The number of hydrogen-bond donors (Lipinski definition) is 2.